The first-order valence-electron chi connectivity index (χ1n) is 7.93. The zero-order chi connectivity index (χ0) is 17.2. The number of hydrogen-bond donors (Lipinski definition) is 0. The lowest BCUT2D eigenvalue weighted by molar-refractivity contribution is -0.117. The summed E-state index contributed by atoms with van der Waals surface area (Å²) in [7, 11) is -3.86. The molecule has 5 nitrogen and oxygen atoms in total. The van der Waals surface area contributed by atoms with E-state index in [-0.39, 0.29) is 16.6 Å². The number of rotatable bonds is 5. The smallest absolute Gasteiger partial charge is 0.339 e. The minimum Gasteiger partial charge on any atom is -0.379 e. The second kappa shape index (κ2) is 6.65. The van der Waals surface area contributed by atoms with Crippen molar-refractivity contribution in [2.75, 3.05) is 11.4 Å². The van der Waals surface area contributed by atoms with Crippen molar-refractivity contribution < 1.29 is 17.4 Å². The second-order valence-electron chi connectivity index (χ2n) is 5.68. The lowest BCUT2D eigenvalue weighted by Crippen LogP contribution is -2.23. The molecule has 6 heteroatoms. The highest BCUT2D eigenvalue weighted by Crippen LogP contribution is 2.25. The number of aryl methyl sites for hydroxylation is 1. The highest BCUT2D eigenvalue weighted by Gasteiger charge is 2.22. The van der Waals surface area contributed by atoms with Gasteiger partial charge >= 0.3 is 10.1 Å². The number of amides is 1. The van der Waals surface area contributed by atoms with Gasteiger partial charge < -0.3 is 9.08 Å². The van der Waals surface area contributed by atoms with Crippen molar-refractivity contribution in [1.29, 1.82) is 0 Å². The Labute approximate surface area is 142 Å². The minimum absolute atomic E-state index is 0.0901. The van der Waals surface area contributed by atoms with Crippen molar-refractivity contribution in [3.8, 4) is 5.75 Å². The van der Waals surface area contributed by atoms with Crippen LogP contribution in [0.2, 0.25) is 0 Å². The summed E-state index contributed by atoms with van der Waals surface area (Å²) >= 11 is 0. The Morgan fingerprint density at radius 2 is 1.71 bits per heavy atom. The molecule has 0 N–H and O–H groups in total. The molecule has 3 rings (SSSR count). The van der Waals surface area contributed by atoms with E-state index < -0.39 is 10.1 Å². The molecule has 0 radical (unpaired) electrons. The average molecular weight is 345 g/mol. The zero-order valence-electron chi connectivity index (χ0n) is 13.4. The highest BCUT2D eigenvalue weighted by molar-refractivity contribution is 7.87. The molecule has 1 fully saturated rings. The number of carbonyl (C=O) groups is 1. The Kier molecular flexibility index (Phi) is 4.57. The molecular weight excluding hydrogens is 326 g/mol. The number of carbonyl (C=O) groups excluding carboxylic acids is 1. The molecule has 0 saturated carbocycles. The van der Waals surface area contributed by atoms with Crippen LogP contribution in [0.25, 0.3) is 0 Å². The third-order valence-electron chi connectivity index (χ3n) is 4.05. The summed E-state index contributed by atoms with van der Waals surface area (Å²) in [6.45, 7) is 2.70. The highest BCUT2D eigenvalue weighted by atomic mass is 32.2. The van der Waals surface area contributed by atoms with Gasteiger partial charge in [-0.1, -0.05) is 19.1 Å². The van der Waals surface area contributed by atoms with Gasteiger partial charge in [-0.05, 0) is 54.8 Å². The molecule has 0 spiro atoms. The molecule has 1 saturated heterocycles. The normalized spacial score (nSPS) is 14.9. The van der Waals surface area contributed by atoms with Crippen LogP contribution in [0.5, 0.6) is 5.75 Å². The van der Waals surface area contributed by atoms with E-state index in [0.717, 1.165) is 24.1 Å². The number of benzene rings is 2. The quantitative estimate of drug-likeness (QED) is 0.781. The average Bonchev–Trinajstić information content (AvgIpc) is 3.01. The molecule has 0 aliphatic carbocycles. The SMILES string of the molecule is CCc1ccc(S(=O)(=O)Oc2ccc(N3CCCC3=O)cc2)cc1. The molecule has 24 heavy (non-hydrogen) atoms. The maximum Gasteiger partial charge on any atom is 0.339 e. The number of hydrogen-bond acceptors (Lipinski definition) is 4. The van der Waals surface area contributed by atoms with Crippen molar-refractivity contribution in [2.24, 2.45) is 0 Å². The topological polar surface area (TPSA) is 63.7 Å². The van der Waals surface area contributed by atoms with E-state index in [1.165, 1.54) is 0 Å². The van der Waals surface area contributed by atoms with E-state index in [1.54, 1.807) is 53.4 Å². The molecule has 0 unspecified atom stereocenters. The van der Waals surface area contributed by atoms with E-state index in [0.29, 0.717) is 13.0 Å². The summed E-state index contributed by atoms with van der Waals surface area (Å²) in [5.41, 5.74) is 1.82. The van der Waals surface area contributed by atoms with Gasteiger partial charge in [-0.15, -0.1) is 0 Å². The van der Waals surface area contributed by atoms with Gasteiger partial charge in [-0.3, -0.25) is 4.79 Å². The van der Waals surface area contributed by atoms with Crippen molar-refractivity contribution >= 4 is 21.7 Å². The van der Waals surface area contributed by atoms with Gasteiger partial charge in [-0.25, -0.2) is 0 Å². The van der Waals surface area contributed by atoms with Crippen LogP contribution in [0, 0.1) is 0 Å². The summed E-state index contributed by atoms with van der Waals surface area (Å²) < 4.78 is 29.8. The minimum atomic E-state index is -3.86. The molecule has 1 heterocycles. The van der Waals surface area contributed by atoms with Gasteiger partial charge in [0.15, 0.2) is 0 Å². The molecule has 1 amide bonds. The van der Waals surface area contributed by atoms with Crippen molar-refractivity contribution in [3.63, 3.8) is 0 Å². The van der Waals surface area contributed by atoms with Crippen LogP contribution in [0.3, 0.4) is 0 Å². The molecule has 0 aromatic heterocycles. The monoisotopic (exact) mass is 345 g/mol. The molecule has 0 bridgehead atoms. The van der Waals surface area contributed by atoms with E-state index in [1.807, 2.05) is 6.92 Å². The summed E-state index contributed by atoms with van der Waals surface area (Å²) in [4.78, 5) is 13.5. The summed E-state index contributed by atoms with van der Waals surface area (Å²) in [5.74, 6) is 0.317. The van der Waals surface area contributed by atoms with Crippen LogP contribution >= 0.6 is 0 Å². The van der Waals surface area contributed by atoms with Gasteiger partial charge in [0.2, 0.25) is 5.91 Å². The first-order valence-corrected chi connectivity index (χ1v) is 9.34. The largest absolute Gasteiger partial charge is 0.379 e. The van der Waals surface area contributed by atoms with Crippen molar-refractivity contribution in [2.45, 2.75) is 31.1 Å². The van der Waals surface area contributed by atoms with Crippen LogP contribution in [-0.2, 0) is 21.3 Å². The van der Waals surface area contributed by atoms with Gasteiger partial charge in [0, 0.05) is 18.7 Å². The van der Waals surface area contributed by atoms with Crippen LogP contribution in [-0.4, -0.2) is 20.9 Å². The molecule has 1 aliphatic rings. The summed E-state index contributed by atoms with van der Waals surface area (Å²) in [6.07, 6.45) is 2.25. The zero-order valence-corrected chi connectivity index (χ0v) is 14.3. The Bertz CT molecular complexity index is 826. The summed E-state index contributed by atoms with van der Waals surface area (Å²) in [6, 6.07) is 13.2. The van der Waals surface area contributed by atoms with Crippen molar-refractivity contribution in [3.05, 3.63) is 54.1 Å². The molecule has 1 aliphatic heterocycles. The fraction of sp³-hybridized carbons (Fsp3) is 0.278. The van der Waals surface area contributed by atoms with Gasteiger partial charge in [0.05, 0.1) is 0 Å². The lowest BCUT2D eigenvalue weighted by atomic mass is 10.2. The van der Waals surface area contributed by atoms with Crippen molar-refractivity contribution in [1.82, 2.24) is 0 Å². The van der Waals surface area contributed by atoms with E-state index in [4.69, 9.17) is 4.18 Å². The predicted molar refractivity (Wildman–Crippen MR) is 91.7 cm³/mol. The third-order valence-corrected chi connectivity index (χ3v) is 5.31. The van der Waals surface area contributed by atoms with Crippen LogP contribution in [0.1, 0.15) is 25.3 Å². The van der Waals surface area contributed by atoms with Gasteiger partial charge in [0.25, 0.3) is 0 Å². The second-order valence-corrected chi connectivity index (χ2v) is 7.22. The standard InChI is InChI=1S/C18H19NO4S/c1-2-14-5-11-17(12-6-14)24(21,22)23-16-9-7-15(8-10-16)19-13-3-4-18(19)20/h5-12H,2-4,13H2,1H3. The first-order chi connectivity index (χ1) is 11.5. The number of anilines is 1. The fourth-order valence-corrected chi connectivity index (χ4v) is 3.60. The lowest BCUT2D eigenvalue weighted by Gasteiger charge is -2.16. The number of nitrogens with zero attached hydrogens (tertiary/aromatic N) is 1. The maximum absolute atomic E-state index is 12.3. The van der Waals surface area contributed by atoms with E-state index >= 15 is 0 Å². The van der Waals surface area contributed by atoms with E-state index in [9.17, 15) is 13.2 Å². The summed E-state index contributed by atoms with van der Waals surface area (Å²) in [5, 5.41) is 0. The molecule has 2 aromatic carbocycles. The molecule has 126 valence electrons. The van der Waals surface area contributed by atoms with Crippen LogP contribution in [0.15, 0.2) is 53.4 Å². The Hall–Kier alpha value is -2.34. The first kappa shape index (κ1) is 16.5. The van der Waals surface area contributed by atoms with Gasteiger partial charge in [0.1, 0.15) is 10.6 Å². The molecule has 2 aromatic rings. The van der Waals surface area contributed by atoms with Gasteiger partial charge in [-0.2, -0.15) is 8.42 Å². The maximum atomic E-state index is 12.3. The third kappa shape index (κ3) is 3.43. The Balaban J connectivity index is 1.75. The molecular formula is C18H19NO4S. The van der Waals surface area contributed by atoms with Crippen LogP contribution < -0.4 is 9.08 Å². The molecule has 0 atom stereocenters. The fourth-order valence-electron chi connectivity index (χ4n) is 2.67. The van der Waals surface area contributed by atoms with Crippen LogP contribution in [0.4, 0.5) is 5.69 Å². The van der Waals surface area contributed by atoms with E-state index in [2.05, 4.69) is 0 Å². The Morgan fingerprint density at radius 3 is 2.25 bits per heavy atom. The predicted octanol–water partition coefficient (Wildman–Crippen LogP) is 3.14. The Morgan fingerprint density at radius 1 is 1.04 bits per heavy atom.